The predicted octanol–water partition coefficient (Wildman–Crippen LogP) is 2.98. The van der Waals surface area contributed by atoms with Gasteiger partial charge < -0.3 is 11.5 Å². The Balaban J connectivity index is 0.00000161. The fraction of sp³-hybridized carbons (Fsp3) is 0.429. The molecule has 1 saturated carbocycles. The molecule has 21 heavy (non-hydrogen) atoms. The lowest BCUT2D eigenvalue weighted by molar-refractivity contribution is 0.305. The topological polar surface area (TPSA) is 80.0 Å². The van der Waals surface area contributed by atoms with Crippen molar-refractivity contribution in [1.82, 2.24) is 0 Å². The van der Waals surface area contributed by atoms with Crippen molar-refractivity contribution in [1.29, 1.82) is 0 Å². The molecule has 1 aliphatic heterocycles. The molecule has 0 bridgehead atoms. The van der Waals surface area contributed by atoms with Crippen molar-refractivity contribution in [3.05, 3.63) is 28.7 Å². The molecule has 0 unspecified atom stereocenters. The molecule has 0 atom stereocenters. The van der Waals surface area contributed by atoms with Gasteiger partial charge in [0.25, 0.3) is 0 Å². The highest BCUT2D eigenvalue weighted by Gasteiger charge is 2.42. The van der Waals surface area contributed by atoms with Crippen LogP contribution >= 0.6 is 28.3 Å². The van der Waals surface area contributed by atoms with Crippen molar-refractivity contribution in [2.45, 2.75) is 37.8 Å². The minimum atomic E-state index is -0.359. The molecule has 2 aliphatic rings. The van der Waals surface area contributed by atoms with E-state index in [1.54, 1.807) is 0 Å². The van der Waals surface area contributed by atoms with Crippen LogP contribution in [-0.2, 0) is 0 Å². The van der Waals surface area contributed by atoms with Gasteiger partial charge in [-0.1, -0.05) is 22.4 Å². The van der Waals surface area contributed by atoms with Crippen molar-refractivity contribution in [3.8, 4) is 0 Å². The molecular weight excluding hydrogens is 354 g/mol. The quantitative estimate of drug-likeness (QED) is 0.795. The van der Waals surface area contributed by atoms with Crippen LogP contribution in [0.25, 0.3) is 0 Å². The number of nitrogens with zero attached hydrogens (tertiary/aromatic N) is 3. The van der Waals surface area contributed by atoms with Crippen LogP contribution in [0.3, 0.4) is 0 Å². The minimum absolute atomic E-state index is 0. The zero-order chi connectivity index (χ0) is 14.2. The molecule has 1 aromatic rings. The lowest BCUT2D eigenvalue weighted by Gasteiger charge is -2.45. The maximum Gasteiger partial charge on any atom is 0.220 e. The van der Waals surface area contributed by atoms with Gasteiger partial charge in [0.1, 0.15) is 5.66 Å². The summed E-state index contributed by atoms with van der Waals surface area (Å²) in [4.78, 5) is 10.8. The van der Waals surface area contributed by atoms with E-state index in [0.717, 1.165) is 35.8 Å². The fourth-order valence-corrected chi connectivity index (χ4v) is 3.35. The highest BCUT2D eigenvalue weighted by molar-refractivity contribution is 9.10. The smallest absolute Gasteiger partial charge is 0.220 e. The van der Waals surface area contributed by atoms with Crippen LogP contribution in [0.1, 0.15) is 32.1 Å². The molecule has 1 fully saturated rings. The maximum absolute atomic E-state index is 6.15. The molecule has 0 aromatic heterocycles. The summed E-state index contributed by atoms with van der Waals surface area (Å²) >= 11 is 3.45. The first-order valence-corrected chi connectivity index (χ1v) is 7.65. The molecule has 114 valence electrons. The van der Waals surface area contributed by atoms with Crippen LogP contribution in [0.15, 0.2) is 38.7 Å². The number of hydrogen-bond donors (Lipinski definition) is 2. The molecule has 1 aromatic carbocycles. The van der Waals surface area contributed by atoms with E-state index in [9.17, 15) is 0 Å². The Hall–Kier alpha value is -1.27. The van der Waals surface area contributed by atoms with E-state index in [-0.39, 0.29) is 24.0 Å². The molecule has 0 radical (unpaired) electrons. The number of anilines is 1. The molecule has 4 N–H and O–H groups in total. The van der Waals surface area contributed by atoms with E-state index in [1.165, 1.54) is 6.42 Å². The van der Waals surface area contributed by atoms with Crippen molar-refractivity contribution in [2.75, 3.05) is 4.90 Å². The van der Waals surface area contributed by atoms with E-state index in [2.05, 4.69) is 25.9 Å². The van der Waals surface area contributed by atoms with Crippen LogP contribution in [-0.4, -0.2) is 17.6 Å². The summed E-state index contributed by atoms with van der Waals surface area (Å²) in [7, 11) is 0. The van der Waals surface area contributed by atoms with Gasteiger partial charge in [0.05, 0.1) is 0 Å². The number of nitrogens with two attached hydrogens (primary N) is 2. The van der Waals surface area contributed by atoms with Crippen molar-refractivity contribution >= 4 is 45.9 Å². The second-order valence-electron chi connectivity index (χ2n) is 5.29. The molecule has 3 rings (SSSR count). The Morgan fingerprint density at radius 1 is 1.05 bits per heavy atom. The minimum Gasteiger partial charge on any atom is -0.369 e. The summed E-state index contributed by atoms with van der Waals surface area (Å²) in [5.41, 5.74) is 12.6. The normalized spacial score (nSPS) is 20.5. The van der Waals surface area contributed by atoms with Gasteiger partial charge in [0, 0.05) is 10.2 Å². The molecule has 1 heterocycles. The number of benzene rings is 1. The summed E-state index contributed by atoms with van der Waals surface area (Å²) in [6, 6.07) is 8.06. The highest BCUT2D eigenvalue weighted by Crippen LogP contribution is 2.39. The van der Waals surface area contributed by atoms with Crippen molar-refractivity contribution < 1.29 is 0 Å². The number of guanidine groups is 2. The lowest BCUT2D eigenvalue weighted by Crippen LogP contribution is -2.58. The SMILES string of the molecule is Cl.NC1=NC2(CCCCC2)N(c2ccc(Br)cc2)C(N)=N1. The Kier molecular flexibility index (Phi) is 4.78. The Labute approximate surface area is 139 Å². The van der Waals surface area contributed by atoms with Gasteiger partial charge in [-0.05, 0) is 49.9 Å². The third kappa shape index (κ3) is 3.01. The van der Waals surface area contributed by atoms with Gasteiger partial charge >= 0.3 is 0 Å². The zero-order valence-corrected chi connectivity index (χ0v) is 14.0. The predicted molar refractivity (Wildman–Crippen MR) is 92.9 cm³/mol. The number of rotatable bonds is 1. The second-order valence-corrected chi connectivity index (χ2v) is 6.21. The van der Waals surface area contributed by atoms with Crippen molar-refractivity contribution in [2.24, 2.45) is 21.5 Å². The van der Waals surface area contributed by atoms with Crippen LogP contribution in [0.5, 0.6) is 0 Å². The Morgan fingerprint density at radius 2 is 1.67 bits per heavy atom. The molecule has 7 heteroatoms. The van der Waals surface area contributed by atoms with Gasteiger partial charge in [0.2, 0.25) is 11.9 Å². The van der Waals surface area contributed by atoms with E-state index in [1.807, 2.05) is 29.2 Å². The molecule has 1 aliphatic carbocycles. The van der Waals surface area contributed by atoms with Crippen molar-refractivity contribution in [3.63, 3.8) is 0 Å². The summed E-state index contributed by atoms with van der Waals surface area (Å²) in [5, 5.41) is 0. The first-order chi connectivity index (χ1) is 9.61. The summed E-state index contributed by atoms with van der Waals surface area (Å²) in [6.45, 7) is 0. The van der Waals surface area contributed by atoms with Gasteiger partial charge in [0.15, 0.2) is 0 Å². The van der Waals surface area contributed by atoms with Gasteiger partial charge in [-0.3, -0.25) is 4.90 Å². The Bertz CT molecular complexity index is 563. The average molecular weight is 373 g/mol. The molecule has 1 spiro atoms. The van der Waals surface area contributed by atoms with Gasteiger partial charge in [-0.2, -0.15) is 4.99 Å². The summed E-state index contributed by atoms with van der Waals surface area (Å²) in [6.07, 6.45) is 5.43. The zero-order valence-electron chi connectivity index (χ0n) is 11.6. The van der Waals surface area contributed by atoms with E-state index < -0.39 is 0 Å². The molecular formula is C14H19BrClN5. The van der Waals surface area contributed by atoms with E-state index in [0.29, 0.717) is 5.96 Å². The Morgan fingerprint density at radius 3 is 2.29 bits per heavy atom. The number of hydrogen-bond acceptors (Lipinski definition) is 5. The molecule has 0 saturated heterocycles. The first-order valence-electron chi connectivity index (χ1n) is 6.86. The monoisotopic (exact) mass is 371 g/mol. The number of halogens is 2. The first kappa shape index (κ1) is 16.1. The molecule has 5 nitrogen and oxygen atoms in total. The standard InChI is InChI=1S/C14H18BrN5.ClH/c15-10-4-6-11(7-5-10)20-13(17)18-12(16)19-14(20)8-2-1-3-9-14;/h4-7H,1-3,8-9H2,(H4,16,17,18,19);1H. The van der Waals surface area contributed by atoms with Crippen LogP contribution < -0.4 is 16.4 Å². The molecule has 0 amide bonds. The second kappa shape index (κ2) is 6.23. The number of aliphatic imine (C=N–C) groups is 2. The summed E-state index contributed by atoms with van der Waals surface area (Å²) in [5.74, 6) is 0.722. The van der Waals surface area contributed by atoms with Gasteiger partial charge in [-0.15, -0.1) is 12.4 Å². The average Bonchev–Trinajstić information content (AvgIpc) is 2.41. The lowest BCUT2D eigenvalue weighted by atomic mass is 9.87. The fourth-order valence-electron chi connectivity index (χ4n) is 3.08. The highest BCUT2D eigenvalue weighted by atomic mass is 79.9. The third-order valence-electron chi connectivity index (χ3n) is 3.94. The maximum atomic E-state index is 6.15. The largest absolute Gasteiger partial charge is 0.369 e. The van der Waals surface area contributed by atoms with E-state index >= 15 is 0 Å². The van der Waals surface area contributed by atoms with Gasteiger partial charge in [-0.25, -0.2) is 4.99 Å². The van der Waals surface area contributed by atoms with E-state index in [4.69, 9.17) is 11.5 Å². The third-order valence-corrected chi connectivity index (χ3v) is 4.46. The van der Waals surface area contributed by atoms with Crippen LogP contribution in [0.2, 0.25) is 0 Å². The van der Waals surface area contributed by atoms with Crippen LogP contribution in [0.4, 0.5) is 5.69 Å². The van der Waals surface area contributed by atoms with Crippen LogP contribution in [0, 0.1) is 0 Å². The summed E-state index contributed by atoms with van der Waals surface area (Å²) < 4.78 is 1.04.